The fraction of sp³-hybridized carbons (Fsp3) is 0.588. The molecule has 0 bridgehead atoms. The van der Waals surface area contributed by atoms with Crippen molar-refractivity contribution in [3.63, 3.8) is 0 Å². The Morgan fingerprint density at radius 1 is 1.25 bits per heavy atom. The molecule has 3 heteroatoms. The molecular formula is C17H28N2O. The van der Waals surface area contributed by atoms with Crippen LogP contribution in [0, 0.1) is 0 Å². The molecule has 2 atom stereocenters. The third-order valence-corrected chi connectivity index (χ3v) is 3.71. The molecule has 0 fully saturated rings. The Labute approximate surface area is 122 Å². The summed E-state index contributed by atoms with van der Waals surface area (Å²) in [5.74, 6) is -0.105. The monoisotopic (exact) mass is 276 g/mol. The molecule has 0 aliphatic heterocycles. The Kier molecular flexibility index (Phi) is 6.73. The molecule has 1 rings (SSSR count). The second kappa shape index (κ2) is 8.05. The maximum Gasteiger partial charge on any atom is 0.244 e. The van der Waals surface area contributed by atoms with Crippen LogP contribution >= 0.6 is 0 Å². The van der Waals surface area contributed by atoms with E-state index < -0.39 is 5.54 Å². The first-order valence-corrected chi connectivity index (χ1v) is 7.63. The lowest BCUT2D eigenvalue weighted by Gasteiger charge is -2.26. The lowest BCUT2D eigenvalue weighted by atomic mass is 9.92. The molecule has 2 unspecified atom stereocenters. The minimum absolute atomic E-state index is 0.105. The number of benzene rings is 1. The van der Waals surface area contributed by atoms with Crippen molar-refractivity contribution in [3.05, 3.63) is 35.9 Å². The first-order valence-electron chi connectivity index (χ1n) is 7.63. The van der Waals surface area contributed by atoms with E-state index in [-0.39, 0.29) is 11.9 Å². The van der Waals surface area contributed by atoms with Gasteiger partial charge in [0.2, 0.25) is 5.91 Å². The normalized spacial score (nSPS) is 15.4. The van der Waals surface area contributed by atoms with Crippen LogP contribution in [0.2, 0.25) is 0 Å². The minimum atomic E-state index is -0.973. The van der Waals surface area contributed by atoms with Crippen molar-refractivity contribution in [2.45, 2.75) is 64.5 Å². The van der Waals surface area contributed by atoms with E-state index in [1.54, 1.807) is 6.92 Å². The smallest absolute Gasteiger partial charge is 0.244 e. The number of unbranched alkanes of at least 4 members (excludes halogenated alkanes) is 3. The largest absolute Gasteiger partial charge is 0.352 e. The van der Waals surface area contributed by atoms with Crippen molar-refractivity contribution < 1.29 is 4.79 Å². The fourth-order valence-corrected chi connectivity index (χ4v) is 2.24. The molecule has 0 saturated heterocycles. The summed E-state index contributed by atoms with van der Waals surface area (Å²) >= 11 is 0. The van der Waals surface area contributed by atoms with Crippen LogP contribution in [-0.4, -0.2) is 11.9 Å². The van der Waals surface area contributed by atoms with Gasteiger partial charge in [0.25, 0.3) is 0 Å². The summed E-state index contributed by atoms with van der Waals surface area (Å²) in [4.78, 5) is 12.3. The molecular weight excluding hydrogens is 248 g/mol. The van der Waals surface area contributed by atoms with E-state index in [4.69, 9.17) is 5.73 Å². The average molecular weight is 276 g/mol. The Morgan fingerprint density at radius 2 is 1.90 bits per heavy atom. The van der Waals surface area contributed by atoms with E-state index in [0.29, 0.717) is 0 Å². The Hall–Kier alpha value is -1.35. The van der Waals surface area contributed by atoms with E-state index >= 15 is 0 Å². The van der Waals surface area contributed by atoms with Gasteiger partial charge in [0.15, 0.2) is 0 Å². The second-order valence-electron chi connectivity index (χ2n) is 5.79. The average Bonchev–Trinajstić information content (AvgIpc) is 2.44. The minimum Gasteiger partial charge on any atom is -0.352 e. The van der Waals surface area contributed by atoms with E-state index in [9.17, 15) is 4.79 Å². The number of carbonyl (C=O) groups is 1. The Morgan fingerprint density at radius 3 is 2.50 bits per heavy atom. The molecule has 0 heterocycles. The zero-order valence-corrected chi connectivity index (χ0v) is 13.0. The molecule has 20 heavy (non-hydrogen) atoms. The van der Waals surface area contributed by atoms with Gasteiger partial charge in [0, 0.05) is 6.04 Å². The fourth-order valence-electron chi connectivity index (χ4n) is 2.24. The van der Waals surface area contributed by atoms with Crippen LogP contribution in [0.15, 0.2) is 30.3 Å². The number of rotatable bonds is 8. The van der Waals surface area contributed by atoms with Gasteiger partial charge in [0.05, 0.1) is 0 Å². The van der Waals surface area contributed by atoms with Gasteiger partial charge in [0.1, 0.15) is 5.54 Å². The number of hydrogen-bond acceptors (Lipinski definition) is 2. The topological polar surface area (TPSA) is 55.1 Å². The summed E-state index contributed by atoms with van der Waals surface area (Å²) in [6.45, 7) is 6.01. The van der Waals surface area contributed by atoms with Crippen LogP contribution in [0.3, 0.4) is 0 Å². The van der Waals surface area contributed by atoms with Crippen molar-refractivity contribution in [2.24, 2.45) is 5.73 Å². The van der Waals surface area contributed by atoms with Crippen LogP contribution in [0.4, 0.5) is 0 Å². The highest BCUT2D eigenvalue weighted by Gasteiger charge is 2.30. The number of nitrogens with one attached hydrogen (secondary N) is 1. The van der Waals surface area contributed by atoms with Crippen molar-refractivity contribution in [3.8, 4) is 0 Å². The zero-order valence-electron chi connectivity index (χ0n) is 13.0. The SMILES string of the molecule is CCCCCCC(C)NC(=O)C(C)(N)c1ccccc1. The first-order chi connectivity index (χ1) is 9.48. The molecule has 0 aliphatic carbocycles. The van der Waals surface area contributed by atoms with Crippen molar-refractivity contribution >= 4 is 5.91 Å². The first kappa shape index (κ1) is 16.7. The number of nitrogens with two attached hydrogens (primary N) is 1. The van der Waals surface area contributed by atoms with Gasteiger partial charge in [-0.05, 0) is 25.8 Å². The lowest BCUT2D eigenvalue weighted by Crippen LogP contribution is -2.51. The highest BCUT2D eigenvalue weighted by Crippen LogP contribution is 2.18. The predicted molar refractivity (Wildman–Crippen MR) is 84.3 cm³/mol. The highest BCUT2D eigenvalue weighted by molar-refractivity contribution is 5.87. The third kappa shape index (κ3) is 4.97. The van der Waals surface area contributed by atoms with E-state index in [1.807, 2.05) is 37.3 Å². The standard InChI is InChI=1S/C17H28N2O/c1-4-5-6-8-11-14(2)19-16(20)17(3,18)15-12-9-7-10-13-15/h7,9-10,12-14H,4-6,8,11,18H2,1-3H3,(H,19,20). The molecule has 0 saturated carbocycles. The molecule has 1 aromatic carbocycles. The quantitative estimate of drug-likeness (QED) is 0.716. The summed E-state index contributed by atoms with van der Waals surface area (Å²) in [6, 6.07) is 9.69. The van der Waals surface area contributed by atoms with Gasteiger partial charge < -0.3 is 11.1 Å². The van der Waals surface area contributed by atoms with Gasteiger partial charge >= 0.3 is 0 Å². The van der Waals surface area contributed by atoms with Crippen LogP contribution in [-0.2, 0) is 10.3 Å². The second-order valence-corrected chi connectivity index (χ2v) is 5.79. The van der Waals surface area contributed by atoms with Crippen molar-refractivity contribution in [1.82, 2.24) is 5.32 Å². The van der Waals surface area contributed by atoms with E-state index in [0.717, 1.165) is 18.4 Å². The van der Waals surface area contributed by atoms with Gasteiger partial charge in [-0.15, -0.1) is 0 Å². The number of hydrogen-bond donors (Lipinski definition) is 2. The van der Waals surface area contributed by atoms with Crippen LogP contribution in [0.1, 0.15) is 58.4 Å². The van der Waals surface area contributed by atoms with Crippen LogP contribution in [0.5, 0.6) is 0 Å². The zero-order chi connectivity index (χ0) is 15.0. The highest BCUT2D eigenvalue weighted by atomic mass is 16.2. The van der Waals surface area contributed by atoms with Crippen LogP contribution in [0.25, 0.3) is 0 Å². The molecule has 3 nitrogen and oxygen atoms in total. The molecule has 1 aromatic rings. The molecule has 1 amide bonds. The number of carbonyl (C=O) groups excluding carboxylic acids is 1. The molecule has 112 valence electrons. The van der Waals surface area contributed by atoms with E-state index in [2.05, 4.69) is 12.2 Å². The molecule has 3 N–H and O–H groups in total. The summed E-state index contributed by atoms with van der Waals surface area (Å²) in [6.07, 6.45) is 5.89. The summed E-state index contributed by atoms with van der Waals surface area (Å²) in [5, 5.41) is 3.03. The van der Waals surface area contributed by atoms with Gasteiger partial charge in [-0.2, -0.15) is 0 Å². The van der Waals surface area contributed by atoms with Gasteiger partial charge in [-0.3, -0.25) is 4.79 Å². The predicted octanol–water partition coefficient (Wildman–Crippen LogP) is 3.34. The summed E-state index contributed by atoms with van der Waals surface area (Å²) < 4.78 is 0. The van der Waals surface area contributed by atoms with E-state index in [1.165, 1.54) is 19.3 Å². The summed E-state index contributed by atoms with van der Waals surface area (Å²) in [5.41, 5.74) is 6.06. The van der Waals surface area contributed by atoms with Crippen molar-refractivity contribution in [1.29, 1.82) is 0 Å². The molecule has 0 radical (unpaired) electrons. The third-order valence-electron chi connectivity index (χ3n) is 3.71. The summed E-state index contributed by atoms with van der Waals surface area (Å²) in [7, 11) is 0. The molecule has 0 spiro atoms. The van der Waals surface area contributed by atoms with Gasteiger partial charge in [-0.1, -0.05) is 62.9 Å². The molecule has 0 aromatic heterocycles. The Balaban J connectivity index is 2.49. The maximum atomic E-state index is 12.3. The lowest BCUT2D eigenvalue weighted by molar-refractivity contribution is -0.126. The molecule has 0 aliphatic rings. The van der Waals surface area contributed by atoms with Crippen molar-refractivity contribution in [2.75, 3.05) is 0 Å². The Bertz CT molecular complexity index is 401. The van der Waals surface area contributed by atoms with Crippen LogP contribution < -0.4 is 11.1 Å². The maximum absolute atomic E-state index is 12.3. The van der Waals surface area contributed by atoms with Gasteiger partial charge in [-0.25, -0.2) is 0 Å². The number of amides is 1.